The number of aromatic nitrogens is 3. The minimum atomic E-state index is -0.340. The van der Waals surface area contributed by atoms with Crippen LogP contribution in [0, 0.1) is 13.8 Å². The highest BCUT2D eigenvalue weighted by Gasteiger charge is 2.06. The van der Waals surface area contributed by atoms with Gasteiger partial charge in [-0.1, -0.05) is 12.1 Å². The zero-order chi connectivity index (χ0) is 16.9. The molecule has 0 N–H and O–H groups in total. The minimum absolute atomic E-state index is 0.340. The molecule has 0 aliphatic rings. The lowest BCUT2D eigenvalue weighted by Crippen LogP contribution is -2.07. The predicted octanol–water partition coefficient (Wildman–Crippen LogP) is 3.76. The third-order valence-electron chi connectivity index (χ3n) is 3.64. The van der Waals surface area contributed by atoms with Crippen molar-refractivity contribution in [2.24, 2.45) is 0 Å². The molecule has 0 bridgehead atoms. The first-order valence-corrected chi connectivity index (χ1v) is 8.70. The number of para-hydroxylation sites is 2. The van der Waals surface area contributed by atoms with Gasteiger partial charge in [0, 0.05) is 18.0 Å². The quantitative estimate of drug-likeness (QED) is 0.389. The summed E-state index contributed by atoms with van der Waals surface area (Å²) in [7, 11) is 0. The van der Waals surface area contributed by atoms with Gasteiger partial charge in [-0.15, -0.1) is 11.3 Å². The molecule has 0 fully saturated rings. The fraction of sp³-hybridized carbons (Fsp3) is 0.278. The van der Waals surface area contributed by atoms with Gasteiger partial charge in [-0.2, -0.15) is 0 Å². The maximum absolute atomic E-state index is 11.7. The molecule has 0 saturated heterocycles. The molecule has 3 aromatic rings. The summed E-state index contributed by atoms with van der Waals surface area (Å²) in [6.07, 6.45) is 3.85. The van der Waals surface area contributed by atoms with Gasteiger partial charge in [0.15, 0.2) is 0 Å². The van der Waals surface area contributed by atoms with Crippen molar-refractivity contribution in [3.05, 3.63) is 52.2 Å². The van der Waals surface area contributed by atoms with E-state index in [0.717, 1.165) is 40.5 Å². The lowest BCUT2D eigenvalue weighted by atomic mass is 10.3. The van der Waals surface area contributed by atoms with Gasteiger partial charge in [0.25, 0.3) is 0 Å². The fourth-order valence-electron chi connectivity index (χ4n) is 2.53. The Morgan fingerprint density at radius 3 is 2.92 bits per heavy atom. The van der Waals surface area contributed by atoms with E-state index in [0.29, 0.717) is 6.61 Å². The van der Waals surface area contributed by atoms with Gasteiger partial charge in [0.05, 0.1) is 28.3 Å². The molecule has 2 heterocycles. The van der Waals surface area contributed by atoms with E-state index >= 15 is 0 Å². The van der Waals surface area contributed by atoms with Gasteiger partial charge in [-0.3, -0.25) is 0 Å². The van der Waals surface area contributed by atoms with Crippen LogP contribution >= 0.6 is 11.3 Å². The molecule has 0 radical (unpaired) electrons. The molecule has 5 nitrogen and oxygen atoms in total. The maximum atomic E-state index is 11.7. The lowest BCUT2D eigenvalue weighted by molar-refractivity contribution is -0.137. The Kier molecular flexibility index (Phi) is 5.05. The Bertz CT molecular complexity index is 879. The standard InChI is InChI=1S/C18H19N3O2S/c1-13-19-16-6-3-4-7-17(16)21(13)10-5-11-23-18(22)9-8-15-12-24-14(2)20-15/h3-4,6-9,12H,5,10-11H2,1-2H3. The highest BCUT2D eigenvalue weighted by atomic mass is 32.1. The number of thiazole rings is 1. The van der Waals surface area contributed by atoms with Crippen molar-refractivity contribution >= 4 is 34.4 Å². The van der Waals surface area contributed by atoms with E-state index in [-0.39, 0.29) is 5.97 Å². The zero-order valence-corrected chi connectivity index (χ0v) is 14.5. The van der Waals surface area contributed by atoms with E-state index in [1.807, 2.05) is 37.4 Å². The molecule has 124 valence electrons. The minimum Gasteiger partial charge on any atom is -0.462 e. The first-order valence-electron chi connectivity index (χ1n) is 7.82. The molecular weight excluding hydrogens is 322 g/mol. The molecule has 0 saturated carbocycles. The third-order valence-corrected chi connectivity index (χ3v) is 4.43. The molecule has 24 heavy (non-hydrogen) atoms. The molecule has 0 atom stereocenters. The Morgan fingerprint density at radius 1 is 1.29 bits per heavy atom. The Morgan fingerprint density at radius 2 is 2.12 bits per heavy atom. The van der Waals surface area contributed by atoms with Crippen molar-refractivity contribution in [2.45, 2.75) is 26.8 Å². The van der Waals surface area contributed by atoms with Crippen LogP contribution in [0.3, 0.4) is 0 Å². The average Bonchev–Trinajstić information content (AvgIpc) is 3.12. The molecule has 0 aliphatic carbocycles. The normalized spacial score (nSPS) is 11.4. The smallest absolute Gasteiger partial charge is 0.330 e. The van der Waals surface area contributed by atoms with Gasteiger partial charge in [0.2, 0.25) is 0 Å². The van der Waals surface area contributed by atoms with Crippen molar-refractivity contribution < 1.29 is 9.53 Å². The van der Waals surface area contributed by atoms with Crippen molar-refractivity contribution in [2.75, 3.05) is 6.61 Å². The van der Waals surface area contributed by atoms with Gasteiger partial charge in [-0.05, 0) is 38.5 Å². The number of ether oxygens (including phenoxy) is 1. The van der Waals surface area contributed by atoms with Crippen LogP contribution in [-0.4, -0.2) is 27.1 Å². The second-order valence-electron chi connectivity index (χ2n) is 5.45. The number of imidazole rings is 1. The van der Waals surface area contributed by atoms with Gasteiger partial charge in [0.1, 0.15) is 5.82 Å². The Hall–Kier alpha value is -2.47. The number of rotatable bonds is 6. The number of aryl methyl sites for hydroxylation is 3. The van der Waals surface area contributed by atoms with Crippen LogP contribution in [0.1, 0.15) is 22.9 Å². The van der Waals surface area contributed by atoms with Crippen LogP contribution in [0.15, 0.2) is 35.7 Å². The molecule has 6 heteroatoms. The Balaban J connectivity index is 1.49. The van der Waals surface area contributed by atoms with Gasteiger partial charge >= 0.3 is 5.97 Å². The van der Waals surface area contributed by atoms with Crippen LogP contribution in [0.25, 0.3) is 17.1 Å². The fourth-order valence-corrected chi connectivity index (χ4v) is 3.11. The molecule has 0 amide bonds. The number of carbonyl (C=O) groups is 1. The second kappa shape index (κ2) is 7.40. The summed E-state index contributed by atoms with van der Waals surface area (Å²) in [6, 6.07) is 8.05. The topological polar surface area (TPSA) is 57.0 Å². The maximum Gasteiger partial charge on any atom is 0.330 e. The summed E-state index contributed by atoms with van der Waals surface area (Å²) in [5.41, 5.74) is 2.89. The number of carbonyl (C=O) groups excluding carboxylic acids is 1. The number of nitrogens with zero attached hydrogens (tertiary/aromatic N) is 3. The lowest BCUT2D eigenvalue weighted by Gasteiger charge is -2.07. The van der Waals surface area contributed by atoms with Crippen LogP contribution in [0.4, 0.5) is 0 Å². The zero-order valence-electron chi connectivity index (χ0n) is 13.7. The first kappa shape index (κ1) is 16.4. The van der Waals surface area contributed by atoms with E-state index in [2.05, 4.69) is 20.6 Å². The molecule has 2 aromatic heterocycles. The van der Waals surface area contributed by atoms with Gasteiger partial charge < -0.3 is 9.30 Å². The third kappa shape index (κ3) is 3.89. The number of benzene rings is 1. The molecule has 3 rings (SSSR count). The number of fused-ring (bicyclic) bond motifs is 1. The van der Waals surface area contributed by atoms with Crippen molar-refractivity contribution in [1.82, 2.24) is 14.5 Å². The monoisotopic (exact) mass is 341 g/mol. The molecule has 0 aliphatic heterocycles. The predicted molar refractivity (Wildman–Crippen MR) is 95.9 cm³/mol. The first-order chi connectivity index (χ1) is 11.6. The SMILES string of the molecule is Cc1nc(C=CC(=O)OCCCn2c(C)nc3ccccc32)cs1. The summed E-state index contributed by atoms with van der Waals surface area (Å²) < 4.78 is 7.39. The second-order valence-corrected chi connectivity index (χ2v) is 6.51. The molecular formula is C18H19N3O2S. The van der Waals surface area contributed by atoms with Crippen LogP contribution in [0.2, 0.25) is 0 Å². The largest absolute Gasteiger partial charge is 0.462 e. The van der Waals surface area contributed by atoms with E-state index in [1.54, 1.807) is 17.4 Å². The summed E-state index contributed by atoms with van der Waals surface area (Å²) in [5.74, 6) is 0.634. The van der Waals surface area contributed by atoms with E-state index < -0.39 is 0 Å². The summed E-state index contributed by atoms with van der Waals surface area (Å²) in [6.45, 7) is 5.08. The molecule has 1 aromatic carbocycles. The summed E-state index contributed by atoms with van der Waals surface area (Å²) in [5, 5.41) is 2.89. The number of esters is 1. The summed E-state index contributed by atoms with van der Waals surface area (Å²) >= 11 is 1.56. The highest BCUT2D eigenvalue weighted by molar-refractivity contribution is 7.09. The molecule has 0 unspecified atom stereocenters. The van der Waals surface area contributed by atoms with Crippen molar-refractivity contribution in [3.63, 3.8) is 0 Å². The van der Waals surface area contributed by atoms with Crippen LogP contribution < -0.4 is 0 Å². The van der Waals surface area contributed by atoms with Crippen molar-refractivity contribution in [3.8, 4) is 0 Å². The van der Waals surface area contributed by atoms with E-state index in [1.165, 1.54) is 6.08 Å². The Labute approximate surface area is 144 Å². The van der Waals surface area contributed by atoms with Crippen molar-refractivity contribution in [1.29, 1.82) is 0 Å². The van der Waals surface area contributed by atoms with E-state index in [4.69, 9.17) is 4.74 Å². The van der Waals surface area contributed by atoms with Gasteiger partial charge in [-0.25, -0.2) is 14.8 Å². The number of hydrogen-bond donors (Lipinski definition) is 0. The summed E-state index contributed by atoms with van der Waals surface area (Å²) in [4.78, 5) is 20.5. The molecule has 0 spiro atoms. The van der Waals surface area contributed by atoms with Crippen LogP contribution in [0.5, 0.6) is 0 Å². The van der Waals surface area contributed by atoms with Crippen LogP contribution in [-0.2, 0) is 16.1 Å². The highest BCUT2D eigenvalue weighted by Crippen LogP contribution is 2.15. The average molecular weight is 341 g/mol. The van der Waals surface area contributed by atoms with E-state index in [9.17, 15) is 4.79 Å². The number of hydrogen-bond acceptors (Lipinski definition) is 5.